The van der Waals surface area contributed by atoms with Crippen molar-refractivity contribution in [2.45, 2.75) is 44.4 Å². The maximum atomic E-state index is 12.3. The monoisotopic (exact) mass is 742 g/mol. The molecule has 4 saturated heterocycles. The number of aromatic nitrogens is 6. The number of hydrogen-bond donors (Lipinski definition) is 2. The average molecular weight is 743 g/mol. The third kappa shape index (κ3) is 6.53. The molecule has 276 valence electrons. The van der Waals surface area contributed by atoms with Gasteiger partial charge in [-0.1, -0.05) is 17.4 Å². The van der Waals surface area contributed by atoms with Crippen LogP contribution in [0, 0.1) is 22.7 Å². The van der Waals surface area contributed by atoms with Crippen LogP contribution in [0.25, 0.3) is 27.5 Å². The Bertz CT molecular complexity index is 2240. The average Bonchev–Trinajstić information content (AvgIpc) is 3.85. The van der Waals surface area contributed by atoms with Crippen LogP contribution in [0.1, 0.15) is 55.6 Å². The van der Waals surface area contributed by atoms with Crippen molar-refractivity contribution >= 4 is 45.3 Å². The molecule has 2 amide bonds. The molecule has 0 unspecified atom stereocenters. The molecule has 0 aromatic carbocycles. The summed E-state index contributed by atoms with van der Waals surface area (Å²) in [5.41, 5.74) is 6.07. The largest absolute Gasteiger partial charge is 0.387 e. The lowest BCUT2D eigenvalue weighted by Crippen LogP contribution is -2.60. The summed E-state index contributed by atoms with van der Waals surface area (Å²) in [6, 6.07) is 13.9. The summed E-state index contributed by atoms with van der Waals surface area (Å²) in [6.45, 7) is 7.50. The minimum Gasteiger partial charge on any atom is -0.387 e. The van der Waals surface area contributed by atoms with E-state index in [0.717, 1.165) is 108 Å². The van der Waals surface area contributed by atoms with E-state index in [4.69, 9.17) is 9.97 Å². The molecule has 4 aliphatic heterocycles. The predicted molar refractivity (Wildman–Crippen MR) is 206 cm³/mol. The second kappa shape index (κ2) is 14.1. The van der Waals surface area contributed by atoms with Gasteiger partial charge in [-0.3, -0.25) is 19.9 Å². The Morgan fingerprint density at radius 2 is 1.80 bits per heavy atom. The van der Waals surface area contributed by atoms with E-state index in [1.165, 1.54) is 12.8 Å². The van der Waals surface area contributed by atoms with Crippen molar-refractivity contribution in [3.8, 4) is 28.0 Å². The lowest BCUT2D eigenvalue weighted by molar-refractivity contribution is -0.134. The van der Waals surface area contributed by atoms with Crippen LogP contribution in [0.4, 0.5) is 16.6 Å². The molecule has 0 bridgehead atoms. The van der Waals surface area contributed by atoms with Gasteiger partial charge in [-0.15, -0.1) is 10.2 Å². The third-order valence-corrected chi connectivity index (χ3v) is 12.8. The van der Waals surface area contributed by atoms with Crippen LogP contribution in [0.3, 0.4) is 0 Å². The standard InChI is InChI=1S/C39H42N12O2S/c1-41-31-17-32(33-5-3-28-16-26(18-40)19-44-51(28)33)42-21-30(31)37-46-47-38(54-37)50-23-39(24-50)10-14-48(15-11-39)22-25-8-12-49(13-9-25)34-6-2-27(20-43-34)29-4-7-35(52)45-36(29)53/h2-3,5-6,16-17,19-21,25,29H,4,7-15,22-24H2,1H3,(H,41,42)(H,45,52,53)/t29-/m0/s1. The summed E-state index contributed by atoms with van der Waals surface area (Å²) < 4.78 is 1.80. The summed E-state index contributed by atoms with van der Waals surface area (Å²) in [7, 11) is 1.90. The van der Waals surface area contributed by atoms with Crippen molar-refractivity contribution in [2.24, 2.45) is 11.3 Å². The molecule has 4 fully saturated rings. The Morgan fingerprint density at radius 1 is 0.963 bits per heavy atom. The molecule has 4 aliphatic rings. The molecule has 9 rings (SSSR count). The minimum atomic E-state index is -0.294. The van der Waals surface area contributed by atoms with Gasteiger partial charge in [-0.2, -0.15) is 10.4 Å². The Kier molecular flexibility index (Phi) is 8.94. The second-order valence-electron chi connectivity index (χ2n) is 15.2. The Morgan fingerprint density at radius 3 is 2.54 bits per heavy atom. The fraction of sp³-hybridized carbons (Fsp3) is 0.436. The fourth-order valence-corrected chi connectivity index (χ4v) is 9.48. The van der Waals surface area contributed by atoms with Crippen LogP contribution < -0.4 is 20.4 Å². The molecule has 1 atom stereocenters. The number of amides is 2. The van der Waals surface area contributed by atoms with Crippen molar-refractivity contribution < 1.29 is 9.59 Å². The highest BCUT2D eigenvalue weighted by molar-refractivity contribution is 7.18. The van der Waals surface area contributed by atoms with Crippen LogP contribution >= 0.6 is 11.3 Å². The topological polar surface area (TPSA) is 161 Å². The molecular formula is C39H42N12O2S. The number of carbonyl (C=O) groups is 2. The molecule has 0 saturated carbocycles. The van der Waals surface area contributed by atoms with Gasteiger partial charge in [0, 0.05) is 69.7 Å². The molecule has 5 aromatic heterocycles. The van der Waals surface area contributed by atoms with Crippen molar-refractivity contribution in [3.63, 3.8) is 0 Å². The van der Waals surface area contributed by atoms with E-state index in [1.807, 2.05) is 55.8 Å². The van der Waals surface area contributed by atoms with E-state index in [2.05, 4.69) is 46.7 Å². The van der Waals surface area contributed by atoms with E-state index in [0.29, 0.717) is 29.7 Å². The number of nitriles is 1. The van der Waals surface area contributed by atoms with Crippen LogP contribution in [0.5, 0.6) is 0 Å². The van der Waals surface area contributed by atoms with E-state index in [9.17, 15) is 14.9 Å². The van der Waals surface area contributed by atoms with Gasteiger partial charge in [0.15, 0.2) is 5.01 Å². The Labute approximate surface area is 317 Å². The normalized spacial score (nSPS) is 20.6. The highest BCUT2D eigenvalue weighted by Gasteiger charge is 2.46. The smallest absolute Gasteiger partial charge is 0.234 e. The molecule has 5 aromatic rings. The van der Waals surface area contributed by atoms with Gasteiger partial charge in [0.1, 0.15) is 11.9 Å². The summed E-state index contributed by atoms with van der Waals surface area (Å²) in [5, 5.41) is 30.4. The first-order valence-electron chi connectivity index (χ1n) is 18.8. The number of rotatable bonds is 8. The Balaban J connectivity index is 0.750. The molecule has 14 nitrogen and oxygen atoms in total. The highest BCUT2D eigenvalue weighted by atomic mass is 32.1. The first-order valence-corrected chi connectivity index (χ1v) is 19.6. The lowest BCUT2D eigenvalue weighted by atomic mass is 9.72. The number of imide groups is 1. The molecule has 54 heavy (non-hydrogen) atoms. The van der Waals surface area contributed by atoms with Crippen molar-refractivity contribution in [2.75, 3.05) is 68.0 Å². The number of piperidine rings is 3. The lowest BCUT2D eigenvalue weighted by Gasteiger charge is -2.54. The zero-order chi connectivity index (χ0) is 36.8. The number of nitrogens with one attached hydrogen (secondary N) is 2. The quantitative estimate of drug-likeness (QED) is 0.214. The molecule has 0 aliphatic carbocycles. The first kappa shape index (κ1) is 34.3. The van der Waals surface area contributed by atoms with Crippen molar-refractivity contribution in [1.82, 2.24) is 40.0 Å². The van der Waals surface area contributed by atoms with Gasteiger partial charge in [0.2, 0.25) is 16.9 Å². The van der Waals surface area contributed by atoms with E-state index >= 15 is 0 Å². The number of carbonyl (C=O) groups excluding carboxylic acids is 2. The van der Waals surface area contributed by atoms with Crippen molar-refractivity contribution in [3.05, 3.63) is 66.1 Å². The maximum absolute atomic E-state index is 12.3. The number of fused-ring (bicyclic) bond motifs is 1. The van der Waals surface area contributed by atoms with Gasteiger partial charge in [0.25, 0.3) is 0 Å². The van der Waals surface area contributed by atoms with Gasteiger partial charge in [-0.05, 0) is 87.0 Å². The minimum absolute atomic E-state index is 0.192. The third-order valence-electron chi connectivity index (χ3n) is 11.8. The number of anilines is 3. The molecule has 1 spiro atoms. The zero-order valence-electron chi connectivity index (χ0n) is 30.2. The van der Waals surface area contributed by atoms with Crippen LogP contribution in [-0.2, 0) is 9.59 Å². The zero-order valence-corrected chi connectivity index (χ0v) is 31.1. The van der Waals surface area contributed by atoms with Gasteiger partial charge in [0.05, 0.1) is 40.1 Å². The Hall–Kier alpha value is -5.46. The molecule has 9 heterocycles. The SMILES string of the molecule is CNc1cc(-c2ccc3cc(C#N)cnn23)ncc1-c1nnc(N2CC3(CCN(CC4CCN(c5ccc([C@@H]6CCC(=O)NC6=O)cn5)CC4)CC3)C2)s1. The molecule has 0 radical (unpaired) electrons. The number of hydrogen-bond acceptors (Lipinski definition) is 13. The van der Waals surface area contributed by atoms with E-state index < -0.39 is 0 Å². The van der Waals surface area contributed by atoms with Gasteiger partial charge in [-0.25, -0.2) is 9.50 Å². The summed E-state index contributed by atoms with van der Waals surface area (Å²) >= 11 is 1.62. The summed E-state index contributed by atoms with van der Waals surface area (Å²) in [4.78, 5) is 40.7. The summed E-state index contributed by atoms with van der Waals surface area (Å²) in [5.74, 6) is 0.959. The molecular weight excluding hydrogens is 701 g/mol. The van der Waals surface area contributed by atoms with Crippen molar-refractivity contribution in [1.29, 1.82) is 5.26 Å². The number of pyridine rings is 2. The van der Waals surface area contributed by atoms with E-state index in [-0.39, 0.29) is 17.7 Å². The molecule has 2 N–H and O–H groups in total. The van der Waals surface area contributed by atoms with E-state index in [1.54, 1.807) is 22.0 Å². The predicted octanol–water partition coefficient (Wildman–Crippen LogP) is 4.56. The van der Waals surface area contributed by atoms with Crippen LogP contribution in [0.15, 0.2) is 55.0 Å². The summed E-state index contributed by atoms with van der Waals surface area (Å²) in [6.07, 6.45) is 10.9. The fourth-order valence-electron chi connectivity index (χ4n) is 8.62. The number of likely N-dealkylation sites (tertiary alicyclic amines) is 1. The van der Waals surface area contributed by atoms with Crippen LogP contribution in [-0.4, -0.2) is 99.4 Å². The first-order chi connectivity index (χ1) is 26.4. The van der Waals surface area contributed by atoms with Gasteiger partial charge >= 0.3 is 0 Å². The second-order valence-corrected chi connectivity index (χ2v) is 16.2. The van der Waals surface area contributed by atoms with Crippen LogP contribution in [0.2, 0.25) is 0 Å². The van der Waals surface area contributed by atoms with Gasteiger partial charge < -0.3 is 20.0 Å². The molecule has 15 heteroatoms. The number of nitrogens with zero attached hydrogens (tertiary/aromatic N) is 10. The highest BCUT2D eigenvalue weighted by Crippen LogP contribution is 2.45. The maximum Gasteiger partial charge on any atom is 0.234 e.